The third-order valence-electron chi connectivity index (χ3n) is 4.13. The van der Waals surface area contributed by atoms with Crippen LogP contribution in [0.4, 0.5) is 0 Å². The van der Waals surface area contributed by atoms with Crippen molar-refractivity contribution in [3.05, 3.63) is 36.5 Å². The average Bonchev–Trinajstić information content (AvgIpc) is 3.08. The van der Waals surface area contributed by atoms with Crippen LogP contribution < -0.4 is 0 Å². The van der Waals surface area contributed by atoms with Gasteiger partial charge in [-0.15, -0.1) is 0 Å². The van der Waals surface area contributed by atoms with Gasteiger partial charge in [-0.25, -0.2) is 4.79 Å². The van der Waals surface area contributed by atoms with Crippen LogP contribution in [-0.4, -0.2) is 24.3 Å². The summed E-state index contributed by atoms with van der Waals surface area (Å²) in [5, 5.41) is 8.19. The molecule has 3 aliphatic carbocycles. The summed E-state index contributed by atoms with van der Waals surface area (Å²) in [5.74, 6) is 3.37. The highest BCUT2D eigenvalue weighted by atomic mass is 16.5. The maximum Gasteiger partial charge on any atom is 0.333 e. The van der Waals surface area contributed by atoms with Crippen molar-refractivity contribution in [2.45, 2.75) is 19.8 Å². The Labute approximate surface area is 114 Å². The first-order valence-electron chi connectivity index (χ1n) is 6.92. The first kappa shape index (κ1) is 14.1. The first-order valence-corrected chi connectivity index (χ1v) is 6.92. The van der Waals surface area contributed by atoms with Gasteiger partial charge in [-0.2, -0.15) is 0 Å². The standard InChI is InChI=1S/C10H12.C6H10O3/c1-2-9-7-4-5-8(6-7)10(9)3-1;1-5(2)6(8)9-4-3-7/h1-2,4-5,7-10H,3,6H2;7H,1,3-4H2,2H3. The minimum absolute atomic E-state index is 0.0473. The Morgan fingerprint density at radius 1 is 1.37 bits per heavy atom. The minimum atomic E-state index is -0.455. The van der Waals surface area contributed by atoms with Crippen molar-refractivity contribution in [3.8, 4) is 0 Å². The summed E-state index contributed by atoms with van der Waals surface area (Å²) >= 11 is 0. The van der Waals surface area contributed by atoms with Gasteiger partial charge in [0.25, 0.3) is 0 Å². The number of aliphatic hydroxyl groups is 1. The zero-order chi connectivity index (χ0) is 13.8. The Balaban J connectivity index is 0.000000142. The molecule has 0 aromatic heterocycles. The summed E-state index contributed by atoms with van der Waals surface area (Å²) in [5.41, 5.74) is 0.350. The van der Waals surface area contributed by atoms with E-state index in [1.54, 1.807) is 6.92 Å². The molecule has 0 radical (unpaired) electrons. The van der Waals surface area contributed by atoms with Crippen LogP contribution >= 0.6 is 0 Å². The quantitative estimate of drug-likeness (QED) is 0.483. The van der Waals surface area contributed by atoms with E-state index >= 15 is 0 Å². The Hall–Kier alpha value is -1.35. The minimum Gasteiger partial charge on any atom is -0.460 e. The predicted octanol–water partition coefficient (Wildman–Crippen LogP) is 2.48. The number of aliphatic hydroxyl groups excluding tert-OH is 1. The molecule has 104 valence electrons. The van der Waals surface area contributed by atoms with Gasteiger partial charge in [-0.1, -0.05) is 30.9 Å². The van der Waals surface area contributed by atoms with Gasteiger partial charge in [0.1, 0.15) is 6.61 Å². The SMILES string of the molecule is C1=CC2C3C=CC(C3)C2C1.C=C(C)C(=O)OCCO. The van der Waals surface area contributed by atoms with E-state index in [1.807, 2.05) is 0 Å². The number of hydrogen-bond donors (Lipinski definition) is 1. The fourth-order valence-corrected chi connectivity index (χ4v) is 3.23. The highest BCUT2D eigenvalue weighted by Gasteiger charge is 2.44. The van der Waals surface area contributed by atoms with Crippen LogP contribution in [0.2, 0.25) is 0 Å². The van der Waals surface area contributed by atoms with E-state index in [0.717, 1.165) is 23.7 Å². The van der Waals surface area contributed by atoms with E-state index in [1.165, 1.54) is 12.8 Å². The molecule has 4 atom stereocenters. The van der Waals surface area contributed by atoms with E-state index in [9.17, 15) is 4.79 Å². The van der Waals surface area contributed by atoms with E-state index < -0.39 is 5.97 Å². The van der Waals surface area contributed by atoms with Gasteiger partial charge < -0.3 is 9.84 Å². The Morgan fingerprint density at radius 2 is 2.11 bits per heavy atom. The molecule has 1 fully saturated rings. The highest BCUT2D eigenvalue weighted by Crippen LogP contribution is 2.52. The van der Waals surface area contributed by atoms with Crippen LogP contribution in [0.1, 0.15) is 19.8 Å². The predicted molar refractivity (Wildman–Crippen MR) is 74.3 cm³/mol. The smallest absolute Gasteiger partial charge is 0.333 e. The molecule has 0 heterocycles. The molecule has 0 saturated heterocycles. The van der Waals surface area contributed by atoms with Crippen LogP contribution in [0.3, 0.4) is 0 Å². The van der Waals surface area contributed by atoms with Crippen LogP contribution in [0, 0.1) is 23.7 Å². The molecule has 3 heteroatoms. The maximum absolute atomic E-state index is 10.5. The molecule has 3 nitrogen and oxygen atoms in total. The normalized spacial score (nSPS) is 32.7. The third-order valence-corrected chi connectivity index (χ3v) is 4.13. The van der Waals surface area contributed by atoms with E-state index in [2.05, 4.69) is 35.6 Å². The summed E-state index contributed by atoms with van der Waals surface area (Å²) in [7, 11) is 0. The van der Waals surface area contributed by atoms with Crippen molar-refractivity contribution in [1.29, 1.82) is 0 Å². The number of ether oxygens (including phenoxy) is 1. The molecule has 1 N–H and O–H groups in total. The monoisotopic (exact) mass is 262 g/mol. The third kappa shape index (κ3) is 3.16. The average molecular weight is 262 g/mol. The molecule has 0 spiro atoms. The molecular formula is C16H22O3. The van der Waals surface area contributed by atoms with Crippen molar-refractivity contribution in [2.24, 2.45) is 23.7 Å². The lowest BCUT2D eigenvalue weighted by Gasteiger charge is -2.18. The lowest BCUT2D eigenvalue weighted by molar-refractivity contribution is -0.139. The summed E-state index contributed by atoms with van der Waals surface area (Å²) < 4.78 is 4.46. The molecule has 0 aromatic rings. The molecule has 1 saturated carbocycles. The summed E-state index contributed by atoms with van der Waals surface area (Å²) in [6, 6.07) is 0. The van der Waals surface area contributed by atoms with Gasteiger partial charge in [0.2, 0.25) is 0 Å². The van der Waals surface area contributed by atoms with Gasteiger partial charge in [0.15, 0.2) is 0 Å². The van der Waals surface area contributed by atoms with E-state index in [0.29, 0.717) is 5.57 Å². The van der Waals surface area contributed by atoms with Crippen molar-refractivity contribution < 1.29 is 14.6 Å². The van der Waals surface area contributed by atoms with E-state index in [-0.39, 0.29) is 13.2 Å². The Kier molecular flexibility index (Phi) is 4.59. The zero-order valence-electron chi connectivity index (χ0n) is 11.4. The van der Waals surface area contributed by atoms with E-state index in [4.69, 9.17) is 5.11 Å². The number of carbonyl (C=O) groups excluding carboxylic acids is 1. The largest absolute Gasteiger partial charge is 0.460 e. The molecule has 4 unspecified atom stereocenters. The number of carbonyl (C=O) groups is 1. The number of hydrogen-bond acceptors (Lipinski definition) is 3. The molecule has 0 amide bonds. The fourth-order valence-electron chi connectivity index (χ4n) is 3.23. The van der Waals surface area contributed by atoms with Crippen LogP contribution in [-0.2, 0) is 9.53 Å². The second kappa shape index (κ2) is 6.20. The Bertz CT molecular complexity index is 408. The molecule has 0 aromatic carbocycles. The molecule has 2 bridgehead atoms. The van der Waals surface area contributed by atoms with Crippen molar-refractivity contribution in [1.82, 2.24) is 0 Å². The Morgan fingerprint density at radius 3 is 2.74 bits per heavy atom. The second-order valence-electron chi connectivity index (χ2n) is 5.49. The van der Waals surface area contributed by atoms with Gasteiger partial charge >= 0.3 is 5.97 Å². The summed E-state index contributed by atoms with van der Waals surface area (Å²) in [6.45, 7) is 4.81. The highest BCUT2D eigenvalue weighted by molar-refractivity contribution is 5.86. The van der Waals surface area contributed by atoms with Crippen LogP contribution in [0.25, 0.3) is 0 Å². The summed E-state index contributed by atoms with van der Waals surface area (Å²) in [6.07, 6.45) is 12.5. The number of esters is 1. The first-order chi connectivity index (χ1) is 9.13. The number of fused-ring (bicyclic) bond motifs is 5. The number of rotatable bonds is 3. The van der Waals surface area contributed by atoms with Gasteiger partial charge in [-0.3, -0.25) is 0 Å². The molecule has 19 heavy (non-hydrogen) atoms. The van der Waals surface area contributed by atoms with Crippen molar-refractivity contribution in [3.63, 3.8) is 0 Å². The summed E-state index contributed by atoms with van der Waals surface area (Å²) in [4.78, 5) is 10.5. The molecule has 0 aliphatic heterocycles. The lowest BCUT2D eigenvalue weighted by Crippen LogP contribution is -2.12. The van der Waals surface area contributed by atoms with Gasteiger partial charge in [-0.05, 0) is 43.4 Å². The molecular weight excluding hydrogens is 240 g/mol. The zero-order valence-corrected chi connectivity index (χ0v) is 11.4. The lowest BCUT2D eigenvalue weighted by atomic mass is 9.86. The maximum atomic E-state index is 10.5. The topological polar surface area (TPSA) is 46.5 Å². The second-order valence-corrected chi connectivity index (χ2v) is 5.49. The fraction of sp³-hybridized carbons (Fsp3) is 0.562. The molecule has 3 aliphatic rings. The van der Waals surface area contributed by atoms with Gasteiger partial charge in [0, 0.05) is 5.57 Å². The van der Waals surface area contributed by atoms with Crippen molar-refractivity contribution >= 4 is 5.97 Å². The van der Waals surface area contributed by atoms with Crippen LogP contribution in [0.15, 0.2) is 36.5 Å². The van der Waals surface area contributed by atoms with Crippen LogP contribution in [0.5, 0.6) is 0 Å². The molecule has 3 rings (SSSR count). The number of allylic oxidation sites excluding steroid dienone is 4. The van der Waals surface area contributed by atoms with Gasteiger partial charge in [0.05, 0.1) is 6.61 Å². The van der Waals surface area contributed by atoms with Crippen molar-refractivity contribution in [2.75, 3.05) is 13.2 Å².